The van der Waals surface area contributed by atoms with E-state index in [2.05, 4.69) is 29.1 Å². The predicted molar refractivity (Wildman–Crippen MR) is 104 cm³/mol. The molecule has 4 rings (SSSR count). The van der Waals surface area contributed by atoms with Gasteiger partial charge in [0.05, 0.1) is 17.2 Å². The number of hydrogen-bond donors (Lipinski definition) is 0. The van der Waals surface area contributed by atoms with Gasteiger partial charge in [-0.3, -0.25) is 4.79 Å². The molecule has 2 aromatic carbocycles. The molecule has 2 aromatic heterocycles. The second-order valence-electron chi connectivity index (χ2n) is 5.84. The van der Waals surface area contributed by atoms with Crippen LogP contribution in [0.5, 0.6) is 5.75 Å². The molecule has 0 saturated carbocycles. The van der Waals surface area contributed by atoms with Crippen molar-refractivity contribution >= 4 is 22.4 Å². The van der Waals surface area contributed by atoms with E-state index in [0.29, 0.717) is 21.1 Å². The molecule has 0 aliphatic carbocycles. The highest BCUT2D eigenvalue weighted by atomic mass is 32.1. The molecule has 0 aliphatic heterocycles. The van der Waals surface area contributed by atoms with Gasteiger partial charge < -0.3 is 4.74 Å². The molecule has 5 nitrogen and oxygen atoms in total. The summed E-state index contributed by atoms with van der Waals surface area (Å²) in [5.41, 5.74) is 2.88. The van der Waals surface area contributed by atoms with E-state index >= 15 is 0 Å². The van der Waals surface area contributed by atoms with E-state index in [1.165, 1.54) is 21.4 Å². The highest BCUT2D eigenvalue weighted by Crippen LogP contribution is 2.27. The number of nitrogens with zero attached hydrogens (tertiary/aromatic N) is 3. The number of hydrogen-bond acceptors (Lipinski definition) is 5. The zero-order valence-corrected chi connectivity index (χ0v) is 15.3. The first kappa shape index (κ1) is 16.5. The minimum atomic E-state index is -0.154. The maximum absolute atomic E-state index is 12.7. The third kappa shape index (κ3) is 2.88. The maximum Gasteiger partial charge on any atom is 0.291 e. The Morgan fingerprint density at radius 3 is 2.62 bits per heavy atom. The number of para-hydroxylation sites is 1. The van der Waals surface area contributed by atoms with Crippen molar-refractivity contribution in [1.29, 1.82) is 0 Å². The number of methoxy groups -OCH3 is 1. The number of thiazole rings is 1. The molecular formula is C20H17N3O2S. The average molecular weight is 363 g/mol. The van der Waals surface area contributed by atoms with Gasteiger partial charge in [-0.05, 0) is 35.8 Å². The van der Waals surface area contributed by atoms with Gasteiger partial charge in [0.1, 0.15) is 5.75 Å². The van der Waals surface area contributed by atoms with Crippen molar-refractivity contribution in [2.45, 2.75) is 13.3 Å². The largest absolute Gasteiger partial charge is 0.496 e. The fraction of sp³-hybridized carbons (Fsp3) is 0.150. The second kappa shape index (κ2) is 6.72. The van der Waals surface area contributed by atoms with Crippen LogP contribution in [0.1, 0.15) is 18.1 Å². The molecule has 0 unspecified atom stereocenters. The van der Waals surface area contributed by atoms with E-state index < -0.39 is 0 Å². The van der Waals surface area contributed by atoms with Gasteiger partial charge in [0.2, 0.25) is 4.96 Å². The number of benzene rings is 2. The Morgan fingerprint density at radius 2 is 1.92 bits per heavy atom. The molecule has 2 heterocycles. The molecule has 0 aliphatic rings. The number of rotatable bonds is 4. The lowest BCUT2D eigenvalue weighted by atomic mass is 10.1. The molecule has 0 atom stereocenters. The van der Waals surface area contributed by atoms with E-state index in [0.717, 1.165) is 17.5 Å². The Balaban J connectivity index is 1.78. The van der Waals surface area contributed by atoms with Crippen LogP contribution in [0.2, 0.25) is 0 Å². The molecule has 6 heteroatoms. The summed E-state index contributed by atoms with van der Waals surface area (Å²) in [6, 6.07) is 15.7. The lowest BCUT2D eigenvalue weighted by molar-refractivity contribution is 0.416. The minimum Gasteiger partial charge on any atom is -0.496 e. The van der Waals surface area contributed by atoms with Crippen LogP contribution in [0.3, 0.4) is 0 Å². The van der Waals surface area contributed by atoms with Crippen molar-refractivity contribution in [1.82, 2.24) is 14.6 Å². The third-order valence-electron chi connectivity index (χ3n) is 4.22. The SMILES string of the molecule is CCc1ccc(C=c2sc3nc(-c4ccccc4OC)nn3c2=O)cc1. The number of aromatic nitrogens is 3. The smallest absolute Gasteiger partial charge is 0.291 e. The number of fused-ring (bicyclic) bond motifs is 1. The lowest BCUT2D eigenvalue weighted by Gasteiger charge is -2.03. The first-order valence-corrected chi connectivity index (χ1v) is 9.15. The minimum absolute atomic E-state index is 0.154. The van der Waals surface area contributed by atoms with Crippen molar-refractivity contribution in [2.75, 3.05) is 7.11 Å². The molecule has 26 heavy (non-hydrogen) atoms. The van der Waals surface area contributed by atoms with Crippen LogP contribution < -0.4 is 14.8 Å². The van der Waals surface area contributed by atoms with E-state index in [4.69, 9.17) is 4.74 Å². The quantitative estimate of drug-likeness (QED) is 0.559. The standard InChI is InChI=1S/C20H17N3O2S/c1-3-13-8-10-14(11-9-13)12-17-19(24)23-20(26-17)21-18(22-23)15-6-4-5-7-16(15)25-2/h4-12H,3H2,1-2H3. The summed E-state index contributed by atoms with van der Waals surface area (Å²) < 4.78 is 7.33. The van der Waals surface area contributed by atoms with Crippen molar-refractivity contribution in [3.8, 4) is 17.1 Å². The molecule has 4 aromatic rings. The topological polar surface area (TPSA) is 56.5 Å². The fourth-order valence-electron chi connectivity index (χ4n) is 2.78. The molecular weight excluding hydrogens is 346 g/mol. The van der Waals surface area contributed by atoms with Crippen molar-refractivity contribution in [3.63, 3.8) is 0 Å². The molecule has 0 N–H and O–H groups in total. The monoisotopic (exact) mass is 363 g/mol. The zero-order valence-electron chi connectivity index (χ0n) is 14.5. The molecule has 0 radical (unpaired) electrons. The number of aryl methyl sites for hydroxylation is 1. The van der Waals surface area contributed by atoms with Crippen LogP contribution in [-0.4, -0.2) is 21.7 Å². The number of ether oxygens (including phenoxy) is 1. The Bertz CT molecular complexity index is 1180. The van der Waals surface area contributed by atoms with Gasteiger partial charge in [0, 0.05) is 0 Å². The van der Waals surface area contributed by atoms with Gasteiger partial charge in [-0.15, -0.1) is 5.10 Å². The van der Waals surface area contributed by atoms with Crippen LogP contribution in [0, 0.1) is 0 Å². The van der Waals surface area contributed by atoms with E-state index in [-0.39, 0.29) is 5.56 Å². The van der Waals surface area contributed by atoms with Gasteiger partial charge in [-0.25, -0.2) is 0 Å². The second-order valence-corrected chi connectivity index (χ2v) is 6.85. The zero-order chi connectivity index (χ0) is 18.1. The predicted octanol–water partition coefficient (Wildman–Crippen LogP) is 2.94. The average Bonchev–Trinajstić information content (AvgIpc) is 3.22. The van der Waals surface area contributed by atoms with E-state index in [1.807, 2.05) is 42.5 Å². The molecule has 130 valence electrons. The molecule has 0 amide bonds. The molecule has 0 spiro atoms. The van der Waals surface area contributed by atoms with Gasteiger partial charge in [-0.1, -0.05) is 54.7 Å². The van der Waals surface area contributed by atoms with Crippen molar-refractivity contribution < 1.29 is 4.74 Å². The van der Waals surface area contributed by atoms with Crippen LogP contribution in [0.25, 0.3) is 22.4 Å². The third-order valence-corrected chi connectivity index (χ3v) is 5.17. The molecule has 0 fully saturated rings. The summed E-state index contributed by atoms with van der Waals surface area (Å²) in [7, 11) is 1.60. The summed E-state index contributed by atoms with van der Waals surface area (Å²) >= 11 is 1.34. The van der Waals surface area contributed by atoms with Gasteiger partial charge in [0.25, 0.3) is 5.56 Å². The summed E-state index contributed by atoms with van der Waals surface area (Å²) in [5.74, 6) is 1.17. The van der Waals surface area contributed by atoms with E-state index in [1.54, 1.807) is 7.11 Å². The van der Waals surface area contributed by atoms with Crippen LogP contribution in [-0.2, 0) is 6.42 Å². The van der Waals surface area contributed by atoms with Gasteiger partial charge in [0.15, 0.2) is 5.82 Å². The van der Waals surface area contributed by atoms with Crippen molar-refractivity contribution in [2.24, 2.45) is 0 Å². The first-order chi connectivity index (χ1) is 12.7. The Labute approximate surface area is 154 Å². The summed E-state index contributed by atoms with van der Waals surface area (Å²) in [6.45, 7) is 2.12. The van der Waals surface area contributed by atoms with Crippen molar-refractivity contribution in [3.05, 3.63) is 74.5 Å². The van der Waals surface area contributed by atoms with Crippen LogP contribution in [0.4, 0.5) is 0 Å². The maximum atomic E-state index is 12.7. The van der Waals surface area contributed by atoms with Crippen LogP contribution in [0.15, 0.2) is 53.3 Å². The Morgan fingerprint density at radius 1 is 1.15 bits per heavy atom. The summed E-state index contributed by atoms with van der Waals surface area (Å²) in [5, 5.41) is 4.38. The van der Waals surface area contributed by atoms with Gasteiger partial charge >= 0.3 is 0 Å². The molecule has 0 bridgehead atoms. The Hall–Kier alpha value is -2.99. The molecule has 0 saturated heterocycles. The summed E-state index contributed by atoms with van der Waals surface area (Å²) in [4.78, 5) is 17.8. The normalized spacial score (nSPS) is 12.0. The highest BCUT2D eigenvalue weighted by molar-refractivity contribution is 7.15. The van der Waals surface area contributed by atoms with Crippen LogP contribution >= 0.6 is 11.3 Å². The fourth-order valence-corrected chi connectivity index (χ4v) is 3.69. The van der Waals surface area contributed by atoms with Gasteiger partial charge in [-0.2, -0.15) is 9.50 Å². The first-order valence-electron chi connectivity index (χ1n) is 8.33. The summed E-state index contributed by atoms with van der Waals surface area (Å²) in [6.07, 6.45) is 2.88. The Kier molecular flexibility index (Phi) is 4.26. The lowest BCUT2D eigenvalue weighted by Crippen LogP contribution is -2.23. The van der Waals surface area contributed by atoms with E-state index in [9.17, 15) is 4.79 Å². The highest BCUT2D eigenvalue weighted by Gasteiger charge is 2.14.